The number of methoxy groups -OCH3 is 1. The zero-order valence-electron chi connectivity index (χ0n) is 13.0. The van der Waals surface area contributed by atoms with Crippen molar-refractivity contribution in [2.24, 2.45) is 0 Å². The molecule has 3 N–H and O–H groups in total. The maximum Gasteiger partial charge on any atom is 0.407 e. The van der Waals surface area contributed by atoms with Crippen LogP contribution in [0.2, 0.25) is 0 Å². The normalized spacial score (nSPS) is 10.4. The molecular weight excluding hydrogens is 308 g/mol. The average molecular weight is 324 g/mol. The zero-order valence-corrected chi connectivity index (χ0v) is 13.0. The van der Waals surface area contributed by atoms with E-state index < -0.39 is 6.09 Å². The van der Waals surface area contributed by atoms with Gasteiger partial charge in [-0.15, -0.1) is 0 Å². The maximum absolute atomic E-state index is 12.4. The van der Waals surface area contributed by atoms with Crippen LogP contribution in [0, 0.1) is 0 Å². The quantitative estimate of drug-likeness (QED) is 0.687. The van der Waals surface area contributed by atoms with Crippen LogP contribution < -0.4 is 10.6 Å². The second-order valence-electron chi connectivity index (χ2n) is 5.11. The van der Waals surface area contributed by atoms with Crippen molar-refractivity contribution in [2.45, 2.75) is 6.54 Å². The highest BCUT2D eigenvalue weighted by molar-refractivity contribution is 6.05. The first-order valence-corrected chi connectivity index (χ1v) is 7.31. The number of fused-ring (bicyclic) bond motifs is 1. The molecule has 0 aliphatic rings. The van der Waals surface area contributed by atoms with Gasteiger partial charge in [0.2, 0.25) is 0 Å². The number of amides is 2. The summed E-state index contributed by atoms with van der Waals surface area (Å²) in [6.45, 7) is 0.184. The summed E-state index contributed by atoms with van der Waals surface area (Å²) in [6.07, 6.45) is 2.82. The van der Waals surface area contributed by atoms with Crippen molar-refractivity contribution in [1.82, 2.24) is 15.3 Å². The SMILES string of the molecule is COC(=O)NCc1cc(C(=O)Nc2ccc3[nH]ccc3c2)ccn1. The molecule has 0 saturated carbocycles. The Balaban J connectivity index is 1.71. The summed E-state index contributed by atoms with van der Waals surface area (Å²) in [5.74, 6) is -0.244. The smallest absolute Gasteiger partial charge is 0.407 e. The van der Waals surface area contributed by atoms with Crippen molar-refractivity contribution in [3.05, 3.63) is 60.0 Å². The number of rotatable bonds is 4. The number of hydrogen-bond donors (Lipinski definition) is 3. The van der Waals surface area contributed by atoms with Gasteiger partial charge in [0.25, 0.3) is 5.91 Å². The molecule has 3 aromatic rings. The van der Waals surface area contributed by atoms with E-state index in [1.165, 1.54) is 13.3 Å². The summed E-state index contributed by atoms with van der Waals surface area (Å²) in [4.78, 5) is 30.7. The van der Waals surface area contributed by atoms with Gasteiger partial charge in [-0.05, 0) is 36.4 Å². The van der Waals surface area contributed by atoms with E-state index in [0.29, 0.717) is 16.9 Å². The molecule has 24 heavy (non-hydrogen) atoms. The Morgan fingerprint density at radius 1 is 1.21 bits per heavy atom. The topological polar surface area (TPSA) is 96.1 Å². The first kappa shape index (κ1) is 15.5. The lowest BCUT2D eigenvalue weighted by molar-refractivity contribution is 0.102. The predicted octanol–water partition coefficient (Wildman–Crippen LogP) is 2.67. The molecular formula is C17H16N4O3. The fraction of sp³-hybridized carbons (Fsp3) is 0.118. The lowest BCUT2D eigenvalue weighted by Crippen LogP contribution is -2.23. The molecule has 7 nitrogen and oxygen atoms in total. The van der Waals surface area contributed by atoms with Gasteiger partial charge in [-0.1, -0.05) is 0 Å². The van der Waals surface area contributed by atoms with Crippen LogP contribution in [0.3, 0.4) is 0 Å². The number of carbonyl (C=O) groups excluding carboxylic acids is 2. The lowest BCUT2D eigenvalue weighted by atomic mass is 10.2. The minimum atomic E-state index is -0.550. The van der Waals surface area contributed by atoms with E-state index in [4.69, 9.17) is 0 Å². The van der Waals surface area contributed by atoms with Crippen LogP contribution in [0.4, 0.5) is 10.5 Å². The van der Waals surface area contributed by atoms with Gasteiger partial charge in [-0.3, -0.25) is 9.78 Å². The molecule has 3 rings (SSSR count). The van der Waals surface area contributed by atoms with Gasteiger partial charge >= 0.3 is 6.09 Å². The van der Waals surface area contributed by atoms with Crippen LogP contribution in [0.15, 0.2) is 48.8 Å². The number of hydrogen-bond acceptors (Lipinski definition) is 4. The van der Waals surface area contributed by atoms with Crippen molar-refractivity contribution in [2.75, 3.05) is 12.4 Å². The van der Waals surface area contributed by atoms with E-state index in [1.807, 2.05) is 30.5 Å². The molecule has 2 aromatic heterocycles. The Kier molecular flexibility index (Phi) is 4.42. The summed E-state index contributed by atoms with van der Waals surface area (Å²) in [7, 11) is 1.29. The molecule has 7 heteroatoms. The Hall–Kier alpha value is -3.35. The Morgan fingerprint density at radius 2 is 2.08 bits per heavy atom. The molecule has 0 fully saturated rings. The van der Waals surface area contributed by atoms with Crippen LogP contribution in [0.25, 0.3) is 10.9 Å². The Labute approximate surface area is 138 Å². The number of nitrogens with zero attached hydrogens (tertiary/aromatic N) is 1. The van der Waals surface area contributed by atoms with Crippen molar-refractivity contribution in [3.63, 3.8) is 0 Å². The van der Waals surface area contributed by atoms with Gasteiger partial charge < -0.3 is 20.4 Å². The summed E-state index contributed by atoms with van der Waals surface area (Å²) in [5.41, 5.74) is 2.74. The highest BCUT2D eigenvalue weighted by Gasteiger charge is 2.09. The largest absolute Gasteiger partial charge is 0.453 e. The number of alkyl carbamates (subject to hydrolysis) is 1. The average Bonchev–Trinajstić information content (AvgIpc) is 3.07. The van der Waals surface area contributed by atoms with Crippen molar-refractivity contribution in [3.8, 4) is 0 Å². The Bertz CT molecular complexity index is 888. The van der Waals surface area contributed by atoms with Gasteiger partial charge in [-0.25, -0.2) is 4.79 Å². The third-order valence-corrected chi connectivity index (χ3v) is 3.49. The second-order valence-corrected chi connectivity index (χ2v) is 5.11. The van der Waals surface area contributed by atoms with Crippen molar-refractivity contribution in [1.29, 1.82) is 0 Å². The van der Waals surface area contributed by atoms with E-state index >= 15 is 0 Å². The number of anilines is 1. The minimum absolute atomic E-state index is 0.184. The standard InChI is InChI=1S/C17H16N4O3/c1-24-17(23)20-10-14-9-12(5-6-18-14)16(22)21-13-2-3-15-11(8-13)4-7-19-15/h2-9,19H,10H2,1H3,(H,20,23)(H,21,22). The van der Waals surface area contributed by atoms with Gasteiger partial charge in [0, 0.05) is 34.5 Å². The van der Waals surface area contributed by atoms with E-state index in [9.17, 15) is 9.59 Å². The maximum atomic E-state index is 12.4. The summed E-state index contributed by atoms with van der Waals surface area (Å²) in [6, 6.07) is 10.8. The molecule has 1 aromatic carbocycles. The summed E-state index contributed by atoms with van der Waals surface area (Å²) >= 11 is 0. The fourth-order valence-corrected chi connectivity index (χ4v) is 2.29. The van der Waals surface area contributed by atoms with E-state index in [2.05, 4.69) is 25.3 Å². The molecule has 0 aliphatic carbocycles. The van der Waals surface area contributed by atoms with Crippen LogP contribution in [0.1, 0.15) is 16.1 Å². The first-order chi connectivity index (χ1) is 11.7. The van der Waals surface area contributed by atoms with Crippen molar-refractivity contribution >= 4 is 28.6 Å². The fourth-order valence-electron chi connectivity index (χ4n) is 2.29. The van der Waals surface area contributed by atoms with E-state index in [0.717, 1.165) is 10.9 Å². The highest BCUT2D eigenvalue weighted by atomic mass is 16.5. The third kappa shape index (κ3) is 3.52. The van der Waals surface area contributed by atoms with Gasteiger partial charge in [0.15, 0.2) is 0 Å². The number of aromatic amines is 1. The van der Waals surface area contributed by atoms with Gasteiger partial charge in [0.1, 0.15) is 0 Å². The molecule has 2 heterocycles. The predicted molar refractivity (Wildman–Crippen MR) is 89.7 cm³/mol. The molecule has 0 radical (unpaired) electrons. The number of benzene rings is 1. The number of nitrogens with one attached hydrogen (secondary N) is 3. The van der Waals surface area contributed by atoms with Crippen LogP contribution in [-0.2, 0) is 11.3 Å². The molecule has 0 bridgehead atoms. The van der Waals surface area contributed by atoms with Gasteiger partial charge in [-0.2, -0.15) is 0 Å². The zero-order chi connectivity index (χ0) is 16.9. The second kappa shape index (κ2) is 6.82. The number of carbonyl (C=O) groups is 2. The number of H-pyrrole nitrogens is 1. The van der Waals surface area contributed by atoms with Crippen molar-refractivity contribution < 1.29 is 14.3 Å². The molecule has 0 spiro atoms. The first-order valence-electron chi connectivity index (χ1n) is 7.31. The molecule has 2 amide bonds. The molecule has 122 valence electrons. The Morgan fingerprint density at radius 3 is 2.92 bits per heavy atom. The van der Waals surface area contributed by atoms with E-state index in [-0.39, 0.29) is 12.5 Å². The number of pyridine rings is 1. The summed E-state index contributed by atoms with van der Waals surface area (Å²) in [5, 5.41) is 6.39. The monoisotopic (exact) mass is 324 g/mol. The van der Waals surface area contributed by atoms with Gasteiger partial charge in [0.05, 0.1) is 19.3 Å². The molecule has 0 saturated heterocycles. The molecule has 0 atom stereocenters. The molecule has 0 unspecified atom stereocenters. The third-order valence-electron chi connectivity index (χ3n) is 3.49. The molecule has 0 aliphatic heterocycles. The number of aromatic nitrogens is 2. The van der Waals surface area contributed by atoms with Crippen LogP contribution >= 0.6 is 0 Å². The lowest BCUT2D eigenvalue weighted by Gasteiger charge is -2.07. The van der Waals surface area contributed by atoms with E-state index in [1.54, 1.807) is 12.1 Å². The summed E-state index contributed by atoms with van der Waals surface area (Å²) < 4.78 is 4.50. The highest BCUT2D eigenvalue weighted by Crippen LogP contribution is 2.18. The van der Waals surface area contributed by atoms with Crippen LogP contribution in [0.5, 0.6) is 0 Å². The minimum Gasteiger partial charge on any atom is -0.453 e. The van der Waals surface area contributed by atoms with Crippen LogP contribution in [-0.4, -0.2) is 29.1 Å². The number of ether oxygens (including phenoxy) is 1.